The molecule has 0 bridgehead atoms. The number of anilines is 1. The van der Waals surface area contributed by atoms with Gasteiger partial charge in [0.2, 0.25) is 5.91 Å². The smallest absolute Gasteiger partial charge is 0.327 e. The van der Waals surface area contributed by atoms with Gasteiger partial charge in [-0.15, -0.1) is 16.7 Å². The SMILES string of the molecule is CSc1ccc(NC(=O)N[C@@H](CC(C)C)C(=O)NCO[P+](=O)O)cc1. The van der Waals surface area contributed by atoms with Crippen LogP contribution in [0.1, 0.15) is 20.3 Å². The lowest BCUT2D eigenvalue weighted by Gasteiger charge is -2.20. The fourth-order valence-electron chi connectivity index (χ4n) is 1.98. The molecule has 0 saturated heterocycles. The summed E-state index contributed by atoms with van der Waals surface area (Å²) in [5.41, 5.74) is 0.611. The molecule has 1 rings (SSSR count). The van der Waals surface area contributed by atoms with Gasteiger partial charge in [0.1, 0.15) is 6.04 Å². The van der Waals surface area contributed by atoms with Crippen molar-refractivity contribution in [1.29, 1.82) is 0 Å². The molecule has 25 heavy (non-hydrogen) atoms. The third-order valence-corrected chi connectivity index (χ3v) is 4.19. The molecule has 4 N–H and O–H groups in total. The van der Waals surface area contributed by atoms with Crippen molar-refractivity contribution < 1.29 is 23.6 Å². The molecule has 0 saturated carbocycles. The molecule has 0 fully saturated rings. The highest BCUT2D eigenvalue weighted by Gasteiger charge is 2.23. The molecule has 0 heterocycles. The van der Waals surface area contributed by atoms with Crippen LogP contribution in [0.25, 0.3) is 0 Å². The highest BCUT2D eigenvalue weighted by Crippen LogP contribution is 2.17. The molecular formula is C15H23N3O5PS+. The van der Waals surface area contributed by atoms with Gasteiger partial charge in [0.15, 0.2) is 6.73 Å². The number of carbonyl (C=O) groups is 2. The van der Waals surface area contributed by atoms with Gasteiger partial charge in [-0.2, -0.15) is 0 Å². The minimum atomic E-state index is -2.79. The number of rotatable bonds is 9. The highest BCUT2D eigenvalue weighted by atomic mass is 32.2. The molecule has 10 heteroatoms. The third-order valence-electron chi connectivity index (χ3n) is 3.10. The van der Waals surface area contributed by atoms with Crippen LogP contribution < -0.4 is 16.0 Å². The molecule has 0 spiro atoms. The molecule has 0 aliphatic carbocycles. The Labute approximate surface area is 152 Å². The van der Waals surface area contributed by atoms with Crippen LogP contribution in [-0.2, 0) is 13.9 Å². The monoisotopic (exact) mass is 388 g/mol. The Kier molecular flexibility index (Phi) is 9.44. The number of thioether (sulfide) groups is 1. The average molecular weight is 388 g/mol. The van der Waals surface area contributed by atoms with Crippen LogP contribution in [0, 0.1) is 5.92 Å². The van der Waals surface area contributed by atoms with Gasteiger partial charge >= 0.3 is 14.3 Å². The first kappa shape index (κ1) is 21.4. The van der Waals surface area contributed by atoms with Crippen molar-refractivity contribution in [2.24, 2.45) is 5.92 Å². The van der Waals surface area contributed by atoms with E-state index in [1.807, 2.05) is 32.2 Å². The average Bonchev–Trinajstić information content (AvgIpc) is 2.54. The fraction of sp³-hybridized carbons (Fsp3) is 0.467. The molecule has 1 aromatic carbocycles. The number of urea groups is 1. The van der Waals surface area contributed by atoms with E-state index in [0.717, 1.165) is 4.90 Å². The van der Waals surface area contributed by atoms with Crippen molar-refractivity contribution in [3.8, 4) is 0 Å². The van der Waals surface area contributed by atoms with Gasteiger partial charge in [-0.25, -0.2) is 4.79 Å². The molecule has 0 aliphatic rings. The largest absolute Gasteiger partial charge is 0.696 e. The van der Waals surface area contributed by atoms with Crippen molar-refractivity contribution >= 4 is 37.6 Å². The van der Waals surface area contributed by atoms with Crippen LogP contribution in [-0.4, -0.2) is 35.9 Å². The van der Waals surface area contributed by atoms with E-state index in [4.69, 9.17) is 4.89 Å². The molecule has 2 atom stereocenters. The fourth-order valence-corrected chi connectivity index (χ4v) is 2.57. The molecule has 3 amide bonds. The Balaban J connectivity index is 2.61. The number of benzene rings is 1. The zero-order valence-corrected chi connectivity index (χ0v) is 16.0. The Hall–Kier alpha value is -1.67. The van der Waals surface area contributed by atoms with Gasteiger partial charge in [-0.3, -0.25) is 4.79 Å². The van der Waals surface area contributed by atoms with E-state index in [2.05, 4.69) is 20.5 Å². The maximum Gasteiger partial charge on any atom is 0.696 e. The Bertz CT molecular complexity index is 597. The Morgan fingerprint density at radius 3 is 2.44 bits per heavy atom. The predicted octanol–water partition coefficient (Wildman–Crippen LogP) is 2.68. The summed E-state index contributed by atoms with van der Waals surface area (Å²) in [4.78, 5) is 33.9. The minimum absolute atomic E-state index is 0.160. The number of hydrogen-bond donors (Lipinski definition) is 4. The first-order valence-electron chi connectivity index (χ1n) is 7.60. The molecule has 1 aromatic rings. The lowest BCUT2D eigenvalue weighted by Crippen LogP contribution is -2.49. The summed E-state index contributed by atoms with van der Waals surface area (Å²) in [5.74, 6) is -0.328. The standard InChI is InChI=1S/C15H22N3O5PS/c1-10(2)8-13(14(19)16-9-23-24(21)22)18-15(20)17-11-4-6-12(25-3)7-5-11/h4-7,10,13H,8-9H2,1-3H3,(H3-,16,17,18,19,20,21,22)/p+1/t13-/m0/s1. The van der Waals surface area contributed by atoms with E-state index < -0.39 is 33.0 Å². The van der Waals surface area contributed by atoms with E-state index in [-0.39, 0.29) is 5.92 Å². The van der Waals surface area contributed by atoms with E-state index in [9.17, 15) is 14.2 Å². The molecule has 0 radical (unpaired) electrons. The van der Waals surface area contributed by atoms with Gasteiger partial charge < -0.3 is 16.0 Å². The summed E-state index contributed by atoms with van der Waals surface area (Å²) in [6.07, 6.45) is 2.37. The summed E-state index contributed by atoms with van der Waals surface area (Å²) in [6, 6.07) is 6.01. The van der Waals surface area contributed by atoms with Crippen molar-refractivity contribution in [3.63, 3.8) is 0 Å². The van der Waals surface area contributed by atoms with Gasteiger partial charge in [-0.05, 0) is 42.9 Å². The summed E-state index contributed by atoms with van der Waals surface area (Å²) >= 11 is 1.60. The van der Waals surface area contributed by atoms with E-state index in [1.54, 1.807) is 23.9 Å². The van der Waals surface area contributed by atoms with Gasteiger partial charge in [0.25, 0.3) is 0 Å². The Morgan fingerprint density at radius 2 is 1.92 bits per heavy atom. The minimum Gasteiger partial charge on any atom is -0.327 e. The highest BCUT2D eigenvalue weighted by molar-refractivity contribution is 7.98. The van der Waals surface area contributed by atoms with Crippen molar-refractivity contribution in [2.45, 2.75) is 31.2 Å². The van der Waals surface area contributed by atoms with Crippen LogP contribution in [0.3, 0.4) is 0 Å². The molecule has 0 aliphatic heterocycles. The second-order valence-corrected chi connectivity index (χ2v) is 7.17. The zero-order chi connectivity index (χ0) is 18.8. The number of amides is 3. The molecular weight excluding hydrogens is 365 g/mol. The quantitative estimate of drug-likeness (QED) is 0.294. The Morgan fingerprint density at radius 1 is 1.28 bits per heavy atom. The zero-order valence-electron chi connectivity index (χ0n) is 14.3. The molecule has 8 nitrogen and oxygen atoms in total. The van der Waals surface area contributed by atoms with E-state index in [0.29, 0.717) is 12.1 Å². The lowest BCUT2D eigenvalue weighted by atomic mass is 10.0. The predicted molar refractivity (Wildman–Crippen MR) is 97.5 cm³/mol. The summed E-state index contributed by atoms with van der Waals surface area (Å²) in [5, 5.41) is 7.63. The lowest BCUT2D eigenvalue weighted by molar-refractivity contribution is -0.124. The van der Waals surface area contributed by atoms with Gasteiger partial charge in [0, 0.05) is 15.1 Å². The van der Waals surface area contributed by atoms with Crippen LogP contribution in [0.15, 0.2) is 29.2 Å². The maximum absolute atomic E-state index is 12.1. The van der Waals surface area contributed by atoms with Crippen molar-refractivity contribution in [2.75, 3.05) is 18.3 Å². The summed E-state index contributed by atoms with van der Waals surface area (Å²) in [7, 11) is -2.79. The topological polar surface area (TPSA) is 117 Å². The van der Waals surface area contributed by atoms with Crippen LogP contribution in [0.5, 0.6) is 0 Å². The first-order valence-corrected chi connectivity index (χ1v) is 9.95. The second-order valence-electron chi connectivity index (χ2n) is 5.56. The van der Waals surface area contributed by atoms with Crippen molar-refractivity contribution in [1.82, 2.24) is 10.6 Å². The third kappa shape index (κ3) is 8.83. The van der Waals surface area contributed by atoms with Crippen molar-refractivity contribution in [3.05, 3.63) is 24.3 Å². The molecule has 1 unspecified atom stereocenters. The number of carbonyl (C=O) groups excluding carboxylic acids is 2. The molecule has 0 aromatic heterocycles. The van der Waals surface area contributed by atoms with Gasteiger partial charge in [-0.1, -0.05) is 18.4 Å². The van der Waals surface area contributed by atoms with E-state index in [1.165, 1.54) is 0 Å². The van der Waals surface area contributed by atoms with Crippen LogP contribution >= 0.6 is 20.0 Å². The first-order chi connectivity index (χ1) is 11.8. The summed E-state index contributed by atoms with van der Waals surface area (Å²) in [6.45, 7) is 3.43. The second kappa shape index (κ2) is 11.0. The van der Waals surface area contributed by atoms with Gasteiger partial charge in [0.05, 0.1) is 0 Å². The number of nitrogens with one attached hydrogen (secondary N) is 3. The maximum atomic E-state index is 12.1. The number of hydrogen-bond acceptors (Lipinski definition) is 5. The van der Waals surface area contributed by atoms with Crippen LogP contribution in [0.4, 0.5) is 10.5 Å². The van der Waals surface area contributed by atoms with Crippen LogP contribution in [0.2, 0.25) is 0 Å². The molecule has 138 valence electrons. The normalized spacial score (nSPS) is 12.4. The van der Waals surface area contributed by atoms with E-state index >= 15 is 0 Å². The summed E-state index contributed by atoms with van der Waals surface area (Å²) < 4.78 is 14.8.